The Bertz CT molecular complexity index is 51.0. The predicted molar refractivity (Wildman–Crippen MR) is 60.7 cm³/mol. The lowest BCUT2D eigenvalue weighted by Gasteiger charge is -2.06. The van der Waals surface area contributed by atoms with Gasteiger partial charge < -0.3 is 4.90 Å². The van der Waals surface area contributed by atoms with Gasteiger partial charge in [-0.05, 0) is 27.1 Å². The van der Waals surface area contributed by atoms with Crippen molar-refractivity contribution in [2.24, 2.45) is 0 Å². The van der Waals surface area contributed by atoms with Crippen LogP contribution in [0.3, 0.4) is 0 Å². The lowest BCUT2D eigenvalue weighted by Crippen LogP contribution is -2.12. The fraction of sp³-hybridized carbons (Fsp3) is 0.818. The van der Waals surface area contributed by atoms with Gasteiger partial charge in [-0.3, -0.25) is 0 Å². The SMILES string of the molecule is C=C.CC.CCCCCN(C)C. The summed E-state index contributed by atoms with van der Waals surface area (Å²) in [4.78, 5) is 2.23. The molecular formula is C11H27N. The first-order valence-corrected chi connectivity index (χ1v) is 4.92. The van der Waals surface area contributed by atoms with Crippen molar-refractivity contribution in [2.75, 3.05) is 20.6 Å². The molecule has 0 atom stereocenters. The van der Waals surface area contributed by atoms with Gasteiger partial charge in [0.05, 0.1) is 0 Å². The molecule has 0 aliphatic heterocycles. The molecule has 0 radical (unpaired) electrons. The number of rotatable bonds is 4. The van der Waals surface area contributed by atoms with Gasteiger partial charge in [0.15, 0.2) is 0 Å². The molecule has 0 bridgehead atoms. The van der Waals surface area contributed by atoms with Gasteiger partial charge in [-0.15, -0.1) is 13.2 Å². The van der Waals surface area contributed by atoms with E-state index in [0.29, 0.717) is 0 Å². The third-order valence-electron chi connectivity index (χ3n) is 1.21. The first kappa shape index (κ1) is 17.7. The molecule has 12 heavy (non-hydrogen) atoms. The van der Waals surface area contributed by atoms with E-state index in [9.17, 15) is 0 Å². The molecule has 0 spiro atoms. The molecule has 0 fully saturated rings. The van der Waals surface area contributed by atoms with Crippen molar-refractivity contribution in [3.8, 4) is 0 Å². The normalized spacial score (nSPS) is 7.83. The largest absolute Gasteiger partial charge is 0.309 e. The van der Waals surface area contributed by atoms with Crippen molar-refractivity contribution in [3.05, 3.63) is 13.2 Å². The van der Waals surface area contributed by atoms with Gasteiger partial charge in [0.2, 0.25) is 0 Å². The van der Waals surface area contributed by atoms with Crippen LogP contribution in [0.4, 0.5) is 0 Å². The molecule has 0 aromatic carbocycles. The highest BCUT2D eigenvalue weighted by Crippen LogP contribution is 1.93. The van der Waals surface area contributed by atoms with E-state index in [1.165, 1.54) is 25.8 Å². The molecule has 0 heterocycles. The third kappa shape index (κ3) is 33.2. The highest BCUT2D eigenvalue weighted by atomic mass is 15.0. The molecule has 1 nitrogen and oxygen atoms in total. The van der Waals surface area contributed by atoms with E-state index in [-0.39, 0.29) is 0 Å². The van der Waals surface area contributed by atoms with E-state index in [1.54, 1.807) is 0 Å². The van der Waals surface area contributed by atoms with E-state index in [1.807, 2.05) is 13.8 Å². The van der Waals surface area contributed by atoms with Crippen molar-refractivity contribution < 1.29 is 0 Å². The Morgan fingerprint density at radius 3 is 1.67 bits per heavy atom. The minimum absolute atomic E-state index is 1.24. The molecular weight excluding hydrogens is 146 g/mol. The average molecular weight is 173 g/mol. The second kappa shape index (κ2) is 22.4. The summed E-state index contributed by atoms with van der Waals surface area (Å²) < 4.78 is 0. The molecule has 0 aliphatic rings. The van der Waals surface area contributed by atoms with Crippen LogP contribution in [0, 0.1) is 0 Å². The Hall–Kier alpha value is -0.300. The van der Waals surface area contributed by atoms with Crippen LogP contribution < -0.4 is 0 Å². The highest BCUT2D eigenvalue weighted by Gasteiger charge is 1.86. The zero-order valence-electron chi connectivity index (χ0n) is 9.69. The number of hydrogen-bond donors (Lipinski definition) is 0. The summed E-state index contributed by atoms with van der Waals surface area (Å²) in [5.74, 6) is 0. The van der Waals surface area contributed by atoms with Gasteiger partial charge in [0.1, 0.15) is 0 Å². The van der Waals surface area contributed by atoms with Crippen LogP contribution in [-0.4, -0.2) is 25.5 Å². The van der Waals surface area contributed by atoms with Crippen LogP contribution in [0.2, 0.25) is 0 Å². The molecule has 0 rings (SSSR count). The molecule has 0 aromatic rings. The van der Waals surface area contributed by atoms with Crippen molar-refractivity contribution >= 4 is 0 Å². The van der Waals surface area contributed by atoms with Crippen LogP contribution in [0.5, 0.6) is 0 Å². The molecule has 0 saturated heterocycles. The summed E-state index contributed by atoms with van der Waals surface area (Å²) >= 11 is 0. The maximum Gasteiger partial charge on any atom is -0.00248 e. The van der Waals surface area contributed by atoms with Crippen LogP contribution >= 0.6 is 0 Å². The number of unbranched alkanes of at least 4 members (excludes halogenated alkanes) is 2. The second-order valence-electron chi connectivity index (χ2n) is 2.51. The first-order valence-electron chi connectivity index (χ1n) is 4.92. The molecule has 0 saturated carbocycles. The zero-order chi connectivity index (χ0) is 10.4. The van der Waals surface area contributed by atoms with Gasteiger partial charge >= 0.3 is 0 Å². The molecule has 0 aromatic heterocycles. The first-order chi connectivity index (χ1) is 5.77. The molecule has 1 heteroatoms. The summed E-state index contributed by atoms with van der Waals surface area (Å²) in [5.41, 5.74) is 0. The molecule has 0 unspecified atom stereocenters. The van der Waals surface area contributed by atoms with Gasteiger partial charge in [-0.2, -0.15) is 0 Å². The Labute approximate surface area is 79.5 Å². The highest BCUT2D eigenvalue weighted by molar-refractivity contribution is 4.42. The topological polar surface area (TPSA) is 3.24 Å². The predicted octanol–water partition coefficient (Wildman–Crippen LogP) is 3.57. The van der Waals surface area contributed by atoms with Gasteiger partial charge in [0.25, 0.3) is 0 Å². The standard InChI is InChI=1S/C7H17N.C2H6.C2H4/c1-4-5-6-7-8(2)3;2*1-2/h4-7H2,1-3H3;1-2H3;1-2H2. The smallest absolute Gasteiger partial charge is 0.00248 e. The van der Waals surface area contributed by atoms with E-state index in [0.717, 1.165) is 0 Å². The Morgan fingerprint density at radius 2 is 1.42 bits per heavy atom. The minimum atomic E-state index is 1.24. The quantitative estimate of drug-likeness (QED) is 0.464. The van der Waals surface area contributed by atoms with E-state index < -0.39 is 0 Å². The fourth-order valence-corrected chi connectivity index (χ4v) is 0.678. The maximum atomic E-state index is 3.00. The summed E-state index contributed by atoms with van der Waals surface area (Å²) in [5, 5.41) is 0. The summed E-state index contributed by atoms with van der Waals surface area (Å²) in [6, 6.07) is 0. The maximum absolute atomic E-state index is 3.00. The lowest BCUT2D eigenvalue weighted by molar-refractivity contribution is 0.393. The molecule has 76 valence electrons. The Morgan fingerprint density at radius 1 is 1.00 bits per heavy atom. The van der Waals surface area contributed by atoms with Crippen LogP contribution in [-0.2, 0) is 0 Å². The van der Waals surface area contributed by atoms with Crippen molar-refractivity contribution in [1.29, 1.82) is 0 Å². The minimum Gasteiger partial charge on any atom is -0.309 e. The Balaban J connectivity index is -0.000000175. The number of nitrogens with zero attached hydrogens (tertiary/aromatic N) is 1. The summed E-state index contributed by atoms with van der Waals surface area (Å²) in [7, 11) is 4.24. The zero-order valence-corrected chi connectivity index (χ0v) is 9.69. The second-order valence-corrected chi connectivity index (χ2v) is 2.51. The van der Waals surface area contributed by atoms with Gasteiger partial charge in [-0.25, -0.2) is 0 Å². The van der Waals surface area contributed by atoms with Crippen molar-refractivity contribution in [2.45, 2.75) is 40.0 Å². The molecule has 0 amide bonds. The van der Waals surface area contributed by atoms with Crippen LogP contribution in [0.1, 0.15) is 40.0 Å². The van der Waals surface area contributed by atoms with Crippen molar-refractivity contribution in [3.63, 3.8) is 0 Å². The van der Waals surface area contributed by atoms with Crippen LogP contribution in [0.15, 0.2) is 13.2 Å². The van der Waals surface area contributed by atoms with Gasteiger partial charge in [0, 0.05) is 0 Å². The lowest BCUT2D eigenvalue weighted by atomic mass is 10.2. The Kier molecular flexibility index (Phi) is 33.1. The number of hydrogen-bond acceptors (Lipinski definition) is 1. The summed E-state index contributed by atoms with van der Waals surface area (Å²) in [6.07, 6.45) is 4.05. The fourth-order valence-electron chi connectivity index (χ4n) is 0.678. The van der Waals surface area contributed by atoms with Gasteiger partial charge in [-0.1, -0.05) is 33.6 Å². The van der Waals surface area contributed by atoms with E-state index in [2.05, 4.69) is 39.1 Å². The van der Waals surface area contributed by atoms with Crippen LogP contribution in [0.25, 0.3) is 0 Å². The molecule has 0 N–H and O–H groups in total. The average Bonchev–Trinajstić information content (AvgIpc) is 2.12. The van der Waals surface area contributed by atoms with E-state index in [4.69, 9.17) is 0 Å². The third-order valence-corrected chi connectivity index (χ3v) is 1.21. The van der Waals surface area contributed by atoms with E-state index >= 15 is 0 Å². The summed E-state index contributed by atoms with van der Waals surface area (Å²) in [6.45, 7) is 13.5. The molecule has 0 aliphatic carbocycles. The van der Waals surface area contributed by atoms with Crippen molar-refractivity contribution in [1.82, 2.24) is 4.90 Å². The monoisotopic (exact) mass is 173 g/mol.